The van der Waals surface area contributed by atoms with Crippen molar-refractivity contribution >= 4 is 65.1 Å². The highest BCUT2D eigenvalue weighted by Crippen LogP contribution is 2.42. The van der Waals surface area contributed by atoms with E-state index in [0.29, 0.717) is 0 Å². The van der Waals surface area contributed by atoms with Gasteiger partial charge in [-0.2, -0.15) is 0 Å². The molecule has 1 heteroatoms. The molecule has 1 nitrogen and oxygen atoms in total. The van der Waals surface area contributed by atoms with Crippen molar-refractivity contribution in [2.45, 2.75) is 12.0 Å². The fraction of sp³-hybridized carbons (Fsp3) is 0.0357. The Morgan fingerprint density at radius 3 is 1.63 bits per heavy atom. The van der Waals surface area contributed by atoms with Gasteiger partial charge in [0.25, 0.3) is 0 Å². The fourth-order valence-electron chi connectivity index (χ4n) is 9.26. The molecule has 2 unspecified atom stereocenters. The van der Waals surface area contributed by atoms with Gasteiger partial charge < -0.3 is 5.32 Å². The van der Waals surface area contributed by atoms with Crippen LogP contribution in [0.15, 0.2) is 218 Å². The zero-order chi connectivity index (χ0) is 37.7. The lowest BCUT2D eigenvalue weighted by Crippen LogP contribution is -2.26. The first-order valence-corrected chi connectivity index (χ1v) is 19.9. The predicted molar refractivity (Wildman–Crippen MR) is 245 cm³/mol. The lowest BCUT2D eigenvalue weighted by atomic mass is 9.82. The number of hydrogen-bond acceptors (Lipinski definition) is 1. The van der Waals surface area contributed by atoms with E-state index in [1.807, 2.05) is 0 Å². The Balaban J connectivity index is 1.03. The normalized spacial score (nSPS) is 15.4. The molecular weight excluding hydrogens is 687 g/mol. The molecule has 1 aliphatic carbocycles. The van der Waals surface area contributed by atoms with Gasteiger partial charge >= 0.3 is 0 Å². The van der Waals surface area contributed by atoms with Gasteiger partial charge in [0.05, 0.1) is 6.04 Å². The third-order valence-electron chi connectivity index (χ3n) is 12.0. The molecule has 268 valence electrons. The summed E-state index contributed by atoms with van der Waals surface area (Å²) in [6, 6.07) is 73.3. The largest absolute Gasteiger partial charge is 0.377 e. The van der Waals surface area contributed by atoms with E-state index in [2.05, 4.69) is 224 Å². The minimum absolute atomic E-state index is 0.0433. The minimum Gasteiger partial charge on any atom is -0.377 e. The van der Waals surface area contributed by atoms with Gasteiger partial charge in [0.2, 0.25) is 0 Å². The molecule has 0 radical (unpaired) electrons. The van der Waals surface area contributed by atoms with Crippen LogP contribution in [-0.4, -0.2) is 6.04 Å². The lowest BCUT2D eigenvalue weighted by molar-refractivity contribution is 0.760. The van der Waals surface area contributed by atoms with E-state index < -0.39 is 0 Å². The maximum absolute atomic E-state index is 4.04. The van der Waals surface area contributed by atoms with Gasteiger partial charge in [0, 0.05) is 17.0 Å². The molecule has 10 aromatic rings. The van der Waals surface area contributed by atoms with Gasteiger partial charge in [0.1, 0.15) is 0 Å². The van der Waals surface area contributed by atoms with E-state index >= 15 is 0 Å². The molecule has 0 saturated carbocycles. The Kier molecular flexibility index (Phi) is 8.03. The summed E-state index contributed by atoms with van der Waals surface area (Å²) in [5.74, 6) is 0.0941. The number of benzene rings is 10. The standard InChI is InChI=1S/C56H39N/c1-2-14-37(15-3-1)38-28-30-39(31-29-38)53-35-41(32-33-54(53)57-55-36-43-16-4-5-19-44(43)46-20-8-10-24-50(46)55)40-17-12-18-42(34-40)45-26-13-27-52-49-22-7-6-21-47(49)48-23-9-11-25-51(48)56(45)52/h1-36,53-54,57H. The van der Waals surface area contributed by atoms with Gasteiger partial charge in [0.15, 0.2) is 0 Å². The predicted octanol–water partition coefficient (Wildman–Crippen LogP) is 15.0. The van der Waals surface area contributed by atoms with Crippen molar-refractivity contribution in [1.82, 2.24) is 0 Å². The molecule has 2 atom stereocenters. The molecule has 0 saturated heterocycles. The van der Waals surface area contributed by atoms with Gasteiger partial charge in [-0.3, -0.25) is 0 Å². The van der Waals surface area contributed by atoms with Crippen LogP contribution in [0.1, 0.15) is 17.0 Å². The van der Waals surface area contributed by atoms with Gasteiger partial charge in [-0.15, -0.1) is 0 Å². The first kappa shape index (κ1) is 33.1. The molecule has 0 heterocycles. The summed E-state index contributed by atoms with van der Waals surface area (Å²) < 4.78 is 0. The quantitative estimate of drug-likeness (QED) is 0.168. The summed E-state index contributed by atoms with van der Waals surface area (Å²) in [7, 11) is 0. The van der Waals surface area contributed by atoms with Crippen LogP contribution in [0.3, 0.4) is 0 Å². The zero-order valence-corrected chi connectivity index (χ0v) is 31.4. The minimum atomic E-state index is 0.0433. The number of nitrogens with one attached hydrogen (secondary N) is 1. The number of anilines is 1. The Morgan fingerprint density at radius 1 is 0.368 bits per heavy atom. The molecule has 0 amide bonds. The number of fused-ring (bicyclic) bond motifs is 9. The highest BCUT2D eigenvalue weighted by atomic mass is 14.9. The summed E-state index contributed by atoms with van der Waals surface area (Å²) >= 11 is 0. The van der Waals surface area contributed by atoms with Gasteiger partial charge in [-0.05, 0) is 99.6 Å². The molecule has 10 aromatic carbocycles. The van der Waals surface area contributed by atoms with Crippen LogP contribution in [-0.2, 0) is 0 Å². The second kappa shape index (κ2) is 13.8. The van der Waals surface area contributed by atoms with Crippen LogP contribution in [0.4, 0.5) is 5.69 Å². The van der Waals surface area contributed by atoms with Crippen LogP contribution in [0, 0.1) is 0 Å². The molecule has 1 aliphatic rings. The molecule has 0 bridgehead atoms. The number of allylic oxidation sites excluding steroid dienone is 2. The van der Waals surface area contributed by atoms with Gasteiger partial charge in [-0.1, -0.05) is 206 Å². The van der Waals surface area contributed by atoms with Crippen molar-refractivity contribution < 1.29 is 0 Å². The highest BCUT2D eigenvalue weighted by Gasteiger charge is 2.25. The molecule has 57 heavy (non-hydrogen) atoms. The average Bonchev–Trinajstić information content (AvgIpc) is 3.29. The van der Waals surface area contributed by atoms with Crippen LogP contribution in [0.2, 0.25) is 0 Å². The zero-order valence-electron chi connectivity index (χ0n) is 31.4. The SMILES string of the molecule is C1=CC(Nc2cc3ccccc3c3ccccc23)C(c2ccc(-c3ccccc3)cc2)C=C1c1cccc(-c2cccc3c4ccccc4c4ccccc4c23)c1. The Labute approximate surface area is 332 Å². The highest BCUT2D eigenvalue weighted by molar-refractivity contribution is 6.28. The van der Waals surface area contributed by atoms with Crippen molar-refractivity contribution in [3.05, 3.63) is 230 Å². The number of hydrogen-bond donors (Lipinski definition) is 1. The summed E-state index contributed by atoms with van der Waals surface area (Å²) in [5, 5.41) is 16.8. The van der Waals surface area contributed by atoms with E-state index in [1.165, 1.54) is 92.8 Å². The summed E-state index contributed by atoms with van der Waals surface area (Å²) in [4.78, 5) is 0. The molecule has 0 fully saturated rings. The lowest BCUT2D eigenvalue weighted by Gasteiger charge is -2.29. The third-order valence-corrected chi connectivity index (χ3v) is 12.0. The molecule has 0 aromatic heterocycles. The summed E-state index contributed by atoms with van der Waals surface area (Å²) in [6.45, 7) is 0. The topological polar surface area (TPSA) is 12.0 Å². The van der Waals surface area contributed by atoms with Crippen LogP contribution in [0.5, 0.6) is 0 Å². The van der Waals surface area contributed by atoms with Crippen LogP contribution in [0.25, 0.3) is 81.7 Å². The summed E-state index contributed by atoms with van der Waals surface area (Å²) in [6.07, 6.45) is 7.17. The Bertz CT molecular complexity index is 3160. The van der Waals surface area contributed by atoms with Crippen molar-refractivity contribution in [2.24, 2.45) is 0 Å². The maximum atomic E-state index is 4.04. The first-order chi connectivity index (χ1) is 28.3. The monoisotopic (exact) mass is 725 g/mol. The van der Waals surface area contributed by atoms with Crippen molar-refractivity contribution in [1.29, 1.82) is 0 Å². The smallest absolute Gasteiger partial charge is 0.0551 e. The van der Waals surface area contributed by atoms with E-state index in [1.54, 1.807) is 0 Å². The van der Waals surface area contributed by atoms with E-state index in [0.717, 1.165) is 5.69 Å². The van der Waals surface area contributed by atoms with Gasteiger partial charge in [-0.25, -0.2) is 0 Å². The van der Waals surface area contributed by atoms with Crippen LogP contribution >= 0.6 is 0 Å². The molecule has 0 aliphatic heterocycles. The Morgan fingerprint density at radius 2 is 0.895 bits per heavy atom. The fourth-order valence-corrected chi connectivity index (χ4v) is 9.26. The number of rotatable bonds is 6. The first-order valence-electron chi connectivity index (χ1n) is 19.9. The second-order valence-corrected chi connectivity index (χ2v) is 15.3. The average molecular weight is 726 g/mol. The molecule has 11 rings (SSSR count). The summed E-state index contributed by atoms with van der Waals surface area (Å²) in [5.41, 5.74) is 9.81. The van der Waals surface area contributed by atoms with Crippen molar-refractivity contribution in [3.63, 3.8) is 0 Å². The van der Waals surface area contributed by atoms with E-state index in [-0.39, 0.29) is 12.0 Å². The van der Waals surface area contributed by atoms with E-state index in [4.69, 9.17) is 0 Å². The molecular formula is C56H39N. The second-order valence-electron chi connectivity index (χ2n) is 15.3. The third kappa shape index (κ3) is 5.79. The Hall–Kier alpha value is -7.22. The van der Waals surface area contributed by atoms with Crippen molar-refractivity contribution in [2.75, 3.05) is 5.32 Å². The van der Waals surface area contributed by atoms with Crippen LogP contribution < -0.4 is 5.32 Å². The molecule has 0 spiro atoms. The maximum Gasteiger partial charge on any atom is 0.0551 e. The van der Waals surface area contributed by atoms with E-state index in [9.17, 15) is 0 Å². The van der Waals surface area contributed by atoms with Crippen molar-refractivity contribution in [3.8, 4) is 22.3 Å². The molecule has 1 N–H and O–H groups in total.